The summed E-state index contributed by atoms with van der Waals surface area (Å²) in [5, 5.41) is 3.08. The minimum Gasteiger partial charge on any atom is -0.352 e. The second-order valence-corrected chi connectivity index (χ2v) is 12.9. The van der Waals surface area contributed by atoms with Crippen molar-refractivity contribution in [3.63, 3.8) is 0 Å². The van der Waals surface area contributed by atoms with E-state index >= 15 is 0 Å². The number of thioether (sulfide) groups is 1. The number of carbonyl (C=O) groups is 2. The lowest BCUT2D eigenvalue weighted by Crippen LogP contribution is -2.36. The Labute approximate surface area is 269 Å². The second-order valence-electron chi connectivity index (χ2n) is 11.8. The summed E-state index contributed by atoms with van der Waals surface area (Å²) >= 11 is 1.41. The maximum atomic E-state index is 13.8. The summed E-state index contributed by atoms with van der Waals surface area (Å²) < 4.78 is 13.6. The standard InChI is InChI=1S/C38H38FN3O2S/c39-33-15-12-31(13-16-33)27-42-34-26-32(14-17-35(34)45-36(38(42)44)25-29-10-5-2-6-11-29)37(43)40-20-7-21-41-22-18-30(19-23-41)24-28-8-3-1-4-9-28/h1-6,8-17,25-26,30H,7,18-24,27H2,(H,40,43)/b36-25-. The summed E-state index contributed by atoms with van der Waals surface area (Å²) in [7, 11) is 0. The van der Waals surface area contributed by atoms with Crippen molar-refractivity contribution in [2.45, 2.75) is 37.1 Å². The van der Waals surface area contributed by atoms with E-state index in [1.165, 1.54) is 42.3 Å². The van der Waals surface area contributed by atoms with Crippen LogP contribution >= 0.6 is 11.8 Å². The Morgan fingerprint density at radius 1 is 0.889 bits per heavy atom. The molecule has 2 amide bonds. The SMILES string of the molecule is O=C(NCCCN1CCC(Cc2ccccc2)CC1)c1ccc2c(c1)N(Cc1ccc(F)cc1)C(=O)/C(=C/c1ccccc1)S2. The topological polar surface area (TPSA) is 52.7 Å². The van der Waals surface area contributed by atoms with E-state index in [0.717, 1.165) is 54.4 Å². The molecule has 6 rings (SSSR count). The van der Waals surface area contributed by atoms with E-state index in [9.17, 15) is 14.0 Å². The Balaban J connectivity index is 1.07. The van der Waals surface area contributed by atoms with Crippen LogP contribution < -0.4 is 10.2 Å². The highest BCUT2D eigenvalue weighted by Gasteiger charge is 2.30. The van der Waals surface area contributed by atoms with Gasteiger partial charge in [-0.1, -0.05) is 84.6 Å². The second kappa shape index (κ2) is 14.7. The average Bonchev–Trinajstić information content (AvgIpc) is 3.07. The molecule has 4 aromatic carbocycles. The number of hydrogen-bond acceptors (Lipinski definition) is 4. The molecule has 1 fully saturated rings. The summed E-state index contributed by atoms with van der Waals surface area (Å²) in [6.07, 6.45) is 6.36. The normalized spacial score (nSPS) is 16.5. The molecule has 5 nitrogen and oxygen atoms in total. The quantitative estimate of drug-likeness (QED) is 0.147. The lowest BCUT2D eigenvalue weighted by atomic mass is 9.90. The molecule has 0 saturated carbocycles. The molecular formula is C38H38FN3O2S. The zero-order chi connectivity index (χ0) is 31.0. The molecule has 1 N–H and O–H groups in total. The lowest BCUT2D eigenvalue weighted by molar-refractivity contribution is -0.114. The Hall–Kier alpha value is -4.20. The van der Waals surface area contributed by atoms with Crippen LogP contribution in [-0.4, -0.2) is 42.9 Å². The van der Waals surface area contributed by atoms with Gasteiger partial charge in [-0.3, -0.25) is 9.59 Å². The van der Waals surface area contributed by atoms with Crippen molar-refractivity contribution >= 4 is 35.3 Å². The van der Waals surface area contributed by atoms with Crippen molar-refractivity contribution in [2.24, 2.45) is 5.92 Å². The first-order valence-corrected chi connectivity index (χ1v) is 16.5. The van der Waals surface area contributed by atoms with Gasteiger partial charge in [0, 0.05) is 17.0 Å². The highest BCUT2D eigenvalue weighted by atomic mass is 32.2. The number of fused-ring (bicyclic) bond motifs is 1. The summed E-state index contributed by atoms with van der Waals surface area (Å²) in [5.74, 6) is 0.121. The highest BCUT2D eigenvalue weighted by molar-refractivity contribution is 8.04. The van der Waals surface area contributed by atoms with Gasteiger partial charge in [0.25, 0.3) is 11.8 Å². The zero-order valence-electron chi connectivity index (χ0n) is 25.3. The van der Waals surface area contributed by atoms with Crippen LogP contribution in [0.2, 0.25) is 0 Å². The third-order valence-corrected chi connectivity index (χ3v) is 9.63. The molecule has 0 aromatic heterocycles. The first-order valence-electron chi connectivity index (χ1n) is 15.7. The van der Waals surface area contributed by atoms with Gasteiger partial charge in [0.1, 0.15) is 5.82 Å². The van der Waals surface area contributed by atoms with Gasteiger partial charge in [0.2, 0.25) is 0 Å². The van der Waals surface area contributed by atoms with E-state index < -0.39 is 0 Å². The fraction of sp³-hybridized carbons (Fsp3) is 0.263. The zero-order valence-corrected chi connectivity index (χ0v) is 26.1. The number of anilines is 1. The molecule has 7 heteroatoms. The van der Waals surface area contributed by atoms with Crippen molar-refractivity contribution in [2.75, 3.05) is 31.1 Å². The molecule has 0 radical (unpaired) electrons. The molecule has 2 heterocycles. The van der Waals surface area contributed by atoms with Crippen molar-refractivity contribution in [3.8, 4) is 0 Å². The number of piperidine rings is 1. The Kier molecular flexibility index (Phi) is 10.1. The van der Waals surface area contributed by atoms with E-state index in [-0.39, 0.29) is 24.2 Å². The van der Waals surface area contributed by atoms with Crippen LogP contribution in [0.15, 0.2) is 113 Å². The molecule has 0 atom stereocenters. The van der Waals surface area contributed by atoms with Gasteiger partial charge in [0.05, 0.1) is 17.1 Å². The minimum atomic E-state index is -0.323. The number of carbonyl (C=O) groups excluding carboxylic acids is 2. The maximum absolute atomic E-state index is 13.8. The van der Waals surface area contributed by atoms with Crippen molar-refractivity contribution in [3.05, 3.63) is 136 Å². The van der Waals surface area contributed by atoms with Gasteiger partial charge < -0.3 is 15.1 Å². The van der Waals surface area contributed by atoms with Gasteiger partial charge in [-0.05, 0) is 104 Å². The van der Waals surface area contributed by atoms with E-state index in [0.29, 0.717) is 22.7 Å². The Morgan fingerprint density at radius 2 is 1.60 bits per heavy atom. The molecule has 4 aromatic rings. The number of likely N-dealkylation sites (tertiary alicyclic amines) is 1. The van der Waals surface area contributed by atoms with Crippen LogP contribution in [0.5, 0.6) is 0 Å². The molecule has 45 heavy (non-hydrogen) atoms. The van der Waals surface area contributed by atoms with Crippen LogP contribution in [0.4, 0.5) is 10.1 Å². The predicted octanol–water partition coefficient (Wildman–Crippen LogP) is 7.58. The third-order valence-electron chi connectivity index (χ3n) is 8.55. The van der Waals surface area contributed by atoms with E-state index in [2.05, 4.69) is 40.5 Å². The fourth-order valence-electron chi connectivity index (χ4n) is 6.05. The minimum absolute atomic E-state index is 0.147. The molecule has 0 unspecified atom stereocenters. The molecule has 0 bridgehead atoms. The number of halogens is 1. The molecule has 230 valence electrons. The smallest absolute Gasteiger partial charge is 0.265 e. The number of benzene rings is 4. The first-order chi connectivity index (χ1) is 22.0. The van der Waals surface area contributed by atoms with Crippen LogP contribution in [0.25, 0.3) is 6.08 Å². The van der Waals surface area contributed by atoms with Crippen molar-refractivity contribution in [1.29, 1.82) is 0 Å². The summed E-state index contributed by atoms with van der Waals surface area (Å²) in [4.78, 5) is 32.7. The van der Waals surface area contributed by atoms with Crippen LogP contribution in [0, 0.1) is 11.7 Å². The number of amides is 2. The third kappa shape index (κ3) is 8.10. The van der Waals surface area contributed by atoms with Crippen molar-refractivity contribution < 1.29 is 14.0 Å². The molecular weight excluding hydrogens is 582 g/mol. The monoisotopic (exact) mass is 619 g/mol. The summed E-state index contributed by atoms with van der Waals surface area (Å²) in [5.41, 5.74) is 4.37. The van der Waals surface area contributed by atoms with Crippen LogP contribution in [0.1, 0.15) is 46.3 Å². The van der Waals surface area contributed by atoms with E-state index in [4.69, 9.17) is 0 Å². The van der Waals surface area contributed by atoms with Gasteiger partial charge >= 0.3 is 0 Å². The number of rotatable bonds is 10. The van der Waals surface area contributed by atoms with Gasteiger partial charge in [-0.2, -0.15) is 0 Å². The van der Waals surface area contributed by atoms with Gasteiger partial charge in [-0.25, -0.2) is 4.39 Å². The average molecular weight is 620 g/mol. The molecule has 0 spiro atoms. The van der Waals surface area contributed by atoms with Crippen LogP contribution in [-0.2, 0) is 17.8 Å². The molecule has 2 aliphatic rings. The predicted molar refractivity (Wildman–Crippen MR) is 181 cm³/mol. The number of nitrogens with zero attached hydrogens (tertiary/aromatic N) is 2. The van der Waals surface area contributed by atoms with Gasteiger partial charge in [0.15, 0.2) is 0 Å². The summed E-state index contributed by atoms with van der Waals surface area (Å²) in [6, 6.07) is 32.2. The van der Waals surface area contributed by atoms with E-state index in [1.54, 1.807) is 23.1 Å². The van der Waals surface area contributed by atoms with Crippen molar-refractivity contribution in [1.82, 2.24) is 10.2 Å². The largest absolute Gasteiger partial charge is 0.352 e. The van der Waals surface area contributed by atoms with E-state index in [1.807, 2.05) is 48.5 Å². The van der Waals surface area contributed by atoms with Crippen LogP contribution in [0.3, 0.4) is 0 Å². The first kappa shape index (κ1) is 30.8. The summed E-state index contributed by atoms with van der Waals surface area (Å²) in [6.45, 7) is 4.04. The molecule has 1 saturated heterocycles. The maximum Gasteiger partial charge on any atom is 0.265 e. The number of nitrogens with one attached hydrogen (secondary N) is 1. The molecule has 0 aliphatic carbocycles. The lowest BCUT2D eigenvalue weighted by Gasteiger charge is -2.32. The number of hydrogen-bond donors (Lipinski definition) is 1. The van der Waals surface area contributed by atoms with Gasteiger partial charge in [-0.15, -0.1) is 0 Å². The molecule has 2 aliphatic heterocycles. The Bertz CT molecular complexity index is 1640. The highest BCUT2D eigenvalue weighted by Crippen LogP contribution is 2.43. The fourth-order valence-corrected chi connectivity index (χ4v) is 7.09. The Morgan fingerprint density at radius 3 is 2.33 bits per heavy atom.